The quantitative estimate of drug-likeness (QED) is 0.760. The topological polar surface area (TPSA) is 92.8 Å². The maximum absolute atomic E-state index is 12.2. The van der Waals surface area contributed by atoms with Crippen LogP contribution in [0.4, 0.5) is 13.2 Å². The summed E-state index contributed by atoms with van der Waals surface area (Å²) in [6.07, 6.45) is -3.56. The summed E-state index contributed by atoms with van der Waals surface area (Å²) in [6, 6.07) is 5.05. The fourth-order valence-electron chi connectivity index (χ4n) is 2.12. The second kappa shape index (κ2) is 5.30. The number of aromatic nitrogens is 4. The number of ether oxygens (including phenoxy) is 1. The van der Waals surface area contributed by atoms with Crippen LogP contribution in [0.15, 0.2) is 40.2 Å². The van der Waals surface area contributed by atoms with E-state index in [9.17, 15) is 22.8 Å². The maximum Gasteiger partial charge on any atom is 0.573 e. The second-order valence-corrected chi connectivity index (χ2v) is 4.64. The third-order valence-corrected chi connectivity index (χ3v) is 3.04. The minimum Gasteiger partial charge on any atom is -0.406 e. The average molecular weight is 326 g/mol. The molecule has 0 bridgehead atoms. The van der Waals surface area contributed by atoms with Crippen molar-refractivity contribution in [2.24, 2.45) is 0 Å². The highest BCUT2D eigenvalue weighted by Gasteiger charge is 2.31. The molecule has 2 aromatic heterocycles. The summed E-state index contributed by atoms with van der Waals surface area (Å²) in [7, 11) is 0. The van der Waals surface area contributed by atoms with Gasteiger partial charge in [-0.2, -0.15) is 0 Å². The molecule has 0 radical (unpaired) electrons. The smallest absolute Gasteiger partial charge is 0.406 e. The van der Waals surface area contributed by atoms with Crippen LogP contribution in [0.25, 0.3) is 11.2 Å². The number of halogens is 3. The molecule has 0 unspecified atom stereocenters. The van der Waals surface area contributed by atoms with E-state index in [0.29, 0.717) is 5.56 Å². The van der Waals surface area contributed by atoms with E-state index in [1.807, 2.05) is 0 Å². The van der Waals surface area contributed by atoms with Crippen molar-refractivity contribution in [1.29, 1.82) is 0 Å². The highest BCUT2D eigenvalue weighted by Crippen LogP contribution is 2.23. The highest BCUT2D eigenvalue weighted by molar-refractivity contribution is 5.67. The Bertz CT molecular complexity index is 971. The standard InChI is InChI=1S/C13H9F3N4O3/c14-13(15,16)23-8-3-1-2-7(4-8)5-20-11(21)9-10(18-6-17-9)19-12(20)22/h1-4,6H,5H2,(H,17,18)(H,19,22). The lowest BCUT2D eigenvalue weighted by atomic mass is 10.2. The molecule has 0 fully saturated rings. The number of benzene rings is 1. The molecule has 23 heavy (non-hydrogen) atoms. The molecule has 0 spiro atoms. The van der Waals surface area contributed by atoms with E-state index in [0.717, 1.165) is 16.7 Å². The number of imidazole rings is 1. The van der Waals surface area contributed by atoms with Crippen LogP contribution in [0.2, 0.25) is 0 Å². The van der Waals surface area contributed by atoms with Crippen LogP contribution in [0.5, 0.6) is 5.75 Å². The molecular formula is C13H9F3N4O3. The molecule has 2 N–H and O–H groups in total. The van der Waals surface area contributed by atoms with Crippen molar-refractivity contribution in [3.05, 3.63) is 57.0 Å². The van der Waals surface area contributed by atoms with Gasteiger partial charge in [0.05, 0.1) is 12.9 Å². The number of hydrogen-bond donors (Lipinski definition) is 2. The van der Waals surface area contributed by atoms with Crippen molar-refractivity contribution in [2.45, 2.75) is 12.9 Å². The number of nitrogens with one attached hydrogen (secondary N) is 2. The van der Waals surface area contributed by atoms with Crippen molar-refractivity contribution < 1.29 is 17.9 Å². The van der Waals surface area contributed by atoms with Crippen LogP contribution in [0.1, 0.15) is 5.56 Å². The molecule has 0 saturated heterocycles. The summed E-state index contributed by atoms with van der Waals surface area (Å²) >= 11 is 0. The van der Waals surface area contributed by atoms with E-state index in [1.165, 1.54) is 18.5 Å². The summed E-state index contributed by atoms with van der Waals surface area (Å²) in [6.45, 7) is -0.210. The predicted molar refractivity (Wildman–Crippen MR) is 73.2 cm³/mol. The summed E-state index contributed by atoms with van der Waals surface area (Å²) in [5.74, 6) is -0.429. The van der Waals surface area contributed by atoms with Crippen LogP contribution < -0.4 is 16.0 Å². The van der Waals surface area contributed by atoms with Gasteiger partial charge in [0.25, 0.3) is 5.56 Å². The number of H-pyrrole nitrogens is 2. The molecular weight excluding hydrogens is 317 g/mol. The maximum atomic E-state index is 12.2. The van der Waals surface area contributed by atoms with Gasteiger partial charge in [-0.3, -0.25) is 14.3 Å². The van der Waals surface area contributed by atoms with Crippen LogP contribution in [-0.2, 0) is 6.54 Å². The first-order chi connectivity index (χ1) is 10.8. The molecule has 0 amide bonds. The van der Waals surface area contributed by atoms with Gasteiger partial charge in [-0.1, -0.05) is 12.1 Å². The zero-order valence-electron chi connectivity index (χ0n) is 11.3. The van der Waals surface area contributed by atoms with E-state index >= 15 is 0 Å². The van der Waals surface area contributed by atoms with Crippen LogP contribution in [0, 0.1) is 0 Å². The van der Waals surface area contributed by atoms with Gasteiger partial charge in [-0.15, -0.1) is 13.2 Å². The normalized spacial score (nSPS) is 11.8. The largest absolute Gasteiger partial charge is 0.573 e. The number of nitrogens with zero attached hydrogens (tertiary/aromatic N) is 2. The fraction of sp³-hybridized carbons (Fsp3) is 0.154. The molecule has 120 valence electrons. The highest BCUT2D eigenvalue weighted by atomic mass is 19.4. The molecule has 7 nitrogen and oxygen atoms in total. The number of alkyl halides is 3. The SMILES string of the molecule is O=c1[nH]c2nc[nH]c2c(=O)n1Cc1cccc(OC(F)(F)F)c1. The number of hydrogen-bond acceptors (Lipinski definition) is 4. The Labute approximate surface area is 125 Å². The monoisotopic (exact) mass is 326 g/mol. The first kappa shape index (κ1) is 14.9. The van der Waals surface area contributed by atoms with Crippen molar-refractivity contribution in [3.8, 4) is 5.75 Å². The van der Waals surface area contributed by atoms with Gasteiger partial charge in [-0.25, -0.2) is 9.78 Å². The first-order valence-corrected chi connectivity index (χ1v) is 6.34. The molecule has 0 saturated carbocycles. The van der Waals surface area contributed by atoms with Gasteiger partial charge < -0.3 is 9.72 Å². The van der Waals surface area contributed by atoms with Gasteiger partial charge in [0.1, 0.15) is 11.3 Å². The third-order valence-electron chi connectivity index (χ3n) is 3.04. The number of rotatable bonds is 3. The summed E-state index contributed by atoms with van der Waals surface area (Å²) in [5, 5.41) is 0. The van der Waals surface area contributed by atoms with Gasteiger partial charge in [-0.05, 0) is 17.7 Å². The molecule has 0 aliphatic heterocycles. The molecule has 1 aromatic carbocycles. The Morgan fingerprint density at radius 1 is 1.26 bits per heavy atom. The molecule has 0 aliphatic rings. The van der Waals surface area contributed by atoms with Crippen molar-refractivity contribution in [2.75, 3.05) is 0 Å². The second-order valence-electron chi connectivity index (χ2n) is 4.64. The van der Waals surface area contributed by atoms with Crippen LogP contribution >= 0.6 is 0 Å². The minimum absolute atomic E-state index is 0.104. The lowest BCUT2D eigenvalue weighted by Gasteiger charge is -2.10. The molecule has 3 rings (SSSR count). The summed E-state index contributed by atoms with van der Waals surface area (Å²) < 4.78 is 41.3. The summed E-state index contributed by atoms with van der Waals surface area (Å²) in [4.78, 5) is 32.9. The Hall–Kier alpha value is -3.04. The molecule has 2 heterocycles. The Balaban J connectivity index is 1.98. The van der Waals surface area contributed by atoms with E-state index in [-0.39, 0.29) is 17.7 Å². The average Bonchev–Trinajstić information content (AvgIpc) is 2.90. The lowest BCUT2D eigenvalue weighted by Crippen LogP contribution is -2.35. The first-order valence-electron chi connectivity index (χ1n) is 6.34. The van der Waals surface area contributed by atoms with E-state index in [2.05, 4.69) is 19.7 Å². The lowest BCUT2D eigenvalue weighted by molar-refractivity contribution is -0.274. The van der Waals surface area contributed by atoms with E-state index in [1.54, 1.807) is 0 Å². The van der Waals surface area contributed by atoms with Crippen LogP contribution in [0.3, 0.4) is 0 Å². The minimum atomic E-state index is -4.82. The molecule has 10 heteroatoms. The van der Waals surface area contributed by atoms with E-state index in [4.69, 9.17) is 0 Å². The fourth-order valence-corrected chi connectivity index (χ4v) is 2.12. The molecule has 3 aromatic rings. The van der Waals surface area contributed by atoms with E-state index < -0.39 is 23.4 Å². The van der Waals surface area contributed by atoms with Gasteiger partial charge in [0.15, 0.2) is 5.65 Å². The Morgan fingerprint density at radius 2 is 2.04 bits per heavy atom. The zero-order valence-corrected chi connectivity index (χ0v) is 11.3. The number of fused-ring (bicyclic) bond motifs is 1. The van der Waals surface area contributed by atoms with Crippen LogP contribution in [-0.4, -0.2) is 25.9 Å². The Kier molecular flexibility index (Phi) is 3.43. The predicted octanol–water partition coefficient (Wildman–Crippen LogP) is 1.36. The number of aromatic amines is 2. The molecule has 0 aliphatic carbocycles. The van der Waals surface area contributed by atoms with Crippen molar-refractivity contribution in [1.82, 2.24) is 19.5 Å². The van der Waals surface area contributed by atoms with Gasteiger partial charge in [0.2, 0.25) is 0 Å². The Morgan fingerprint density at radius 3 is 2.78 bits per heavy atom. The van der Waals surface area contributed by atoms with Crippen molar-refractivity contribution in [3.63, 3.8) is 0 Å². The van der Waals surface area contributed by atoms with Gasteiger partial charge >= 0.3 is 12.1 Å². The summed E-state index contributed by atoms with van der Waals surface area (Å²) in [5.41, 5.74) is -0.809. The molecule has 0 atom stereocenters. The van der Waals surface area contributed by atoms with Gasteiger partial charge in [0, 0.05) is 0 Å². The zero-order chi connectivity index (χ0) is 16.6. The third kappa shape index (κ3) is 3.10. The van der Waals surface area contributed by atoms with Crippen molar-refractivity contribution >= 4 is 11.2 Å².